The molecular weight excluding hydrogens is 283 g/mol. The largest absolute Gasteiger partial charge is 0.465 e. The van der Waals surface area contributed by atoms with Gasteiger partial charge in [0.25, 0.3) is 5.82 Å². The molecule has 3 aromatic rings. The van der Waals surface area contributed by atoms with Crippen LogP contribution in [0, 0.1) is 13.8 Å². The number of hydrogen-bond acceptors (Lipinski definition) is 2. The fourth-order valence-corrected chi connectivity index (χ4v) is 3.38. The first-order valence-corrected chi connectivity index (χ1v) is 8.01. The molecule has 3 heterocycles. The average Bonchev–Trinajstić information content (AvgIpc) is 2.92. The number of pyridine rings is 1. The summed E-state index contributed by atoms with van der Waals surface area (Å²) in [7, 11) is 2.09. The molecule has 4 rings (SSSR count). The third-order valence-electron chi connectivity index (χ3n) is 4.84. The molecule has 3 nitrogen and oxygen atoms in total. The molecule has 0 spiro atoms. The average molecular weight is 303 g/mol. The van der Waals surface area contributed by atoms with Crippen LogP contribution in [-0.4, -0.2) is 6.85 Å². The summed E-state index contributed by atoms with van der Waals surface area (Å²) in [6.07, 6.45) is 6.51. The fraction of sp³-hybridized carbons (Fsp3) is 0.211. The van der Waals surface area contributed by atoms with E-state index < -0.39 is 0 Å². The zero-order valence-corrected chi connectivity index (χ0v) is 14.0. The molecule has 0 aliphatic carbocycles. The van der Waals surface area contributed by atoms with Gasteiger partial charge in [-0.1, -0.05) is 18.2 Å². The van der Waals surface area contributed by atoms with Gasteiger partial charge in [-0.3, -0.25) is 4.81 Å². The van der Waals surface area contributed by atoms with Crippen molar-refractivity contribution in [1.82, 2.24) is 0 Å². The summed E-state index contributed by atoms with van der Waals surface area (Å²) in [5.41, 5.74) is 5.80. The molecule has 0 bridgehead atoms. The Morgan fingerprint density at radius 1 is 1.13 bits per heavy atom. The van der Waals surface area contributed by atoms with E-state index in [1.165, 1.54) is 27.9 Å². The number of para-hydroxylation sites is 1. The van der Waals surface area contributed by atoms with Crippen molar-refractivity contribution in [2.24, 2.45) is 7.05 Å². The minimum absolute atomic E-state index is 0.163. The fourth-order valence-electron chi connectivity index (χ4n) is 3.38. The van der Waals surface area contributed by atoms with Crippen LogP contribution in [0.3, 0.4) is 0 Å². The van der Waals surface area contributed by atoms with Gasteiger partial charge < -0.3 is 4.42 Å². The van der Waals surface area contributed by atoms with E-state index in [9.17, 15) is 0 Å². The number of anilines is 1. The highest BCUT2D eigenvalue weighted by Crippen LogP contribution is 2.26. The number of aromatic nitrogens is 1. The summed E-state index contributed by atoms with van der Waals surface area (Å²) in [4.78, 5) is 2.27. The smallest absolute Gasteiger partial charge is 0.447 e. The van der Waals surface area contributed by atoms with Crippen molar-refractivity contribution >= 4 is 35.4 Å². The molecule has 0 saturated heterocycles. The molecule has 2 aromatic heterocycles. The van der Waals surface area contributed by atoms with Gasteiger partial charge in [0.1, 0.15) is 11.2 Å². The van der Waals surface area contributed by atoms with Crippen molar-refractivity contribution in [3.8, 4) is 0 Å². The molecule has 0 N–H and O–H groups in total. The van der Waals surface area contributed by atoms with E-state index in [2.05, 4.69) is 73.8 Å². The van der Waals surface area contributed by atoms with Crippen LogP contribution < -0.4 is 15.0 Å². The van der Waals surface area contributed by atoms with Crippen molar-refractivity contribution in [1.29, 1.82) is 0 Å². The van der Waals surface area contributed by atoms with E-state index in [1.807, 2.05) is 12.1 Å². The number of hydrogen-bond donors (Lipinski definition) is 0. The zero-order chi connectivity index (χ0) is 16.1. The van der Waals surface area contributed by atoms with Crippen LogP contribution in [0.1, 0.15) is 16.7 Å². The molecule has 1 aliphatic heterocycles. The van der Waals surface area contributed by atoms with Crippen molar-refractivity contribution in [3.05, 3.63) is 59.4 Å². The number of benzene rings is 1. The van der Waals surface area contributed by atoms with Crippen LogP contribution >= 0.6 is 0 Å². The molecule has 114 valence electrons. The topological polar surface area (TPSA) is 20.3 Å². The molecule has 23 heavy (non-hydrogen) atoms. The third kappa shape index (κ3) is 2.09. The van der Waals surface area contributed by atoms with Crippen LogP contribution in [0.15, 0.2) is 47.1 Å². The Kier molecular flexibility index (Phi) is 3.08. The molecule has 4 heteroatoms. The highest BCUT2D eigenvalue weighted by Gasteiger charge is 2.37. The number of furan rings is 1. The Morgan fingerprint density at radius 3 is 2.74 bits per heavy atom. The van der Waals surface area contributed by atoms with Crippen molar-refractivity contribution in [3.63, 3.8) is 0 Å². The molecule has 0 amide bonds. The molecule has 0 radical (unpaired) electrons. The lowest BCUT2D eigenvalue weighted by atomic mass is 9.58. The van der Waals surface area contributed by atoms with Gasteiger partial charge in [-0.2, -0.15) is 0 Å². The van der Waals surface area contributed by atoms with E-state index >= 15 is 0 Å². The predicted molar refractivity (Wildman–Crippen MR) is 96.1 cm³/mol. The Balaban J connectivity index is 1.85. The number of rotatable bonds is 1. The monoisotopic (exact) mass is 303 g/mol. The maximum absolute atomic E-state index is 6.15. The second kappa shape index (κ2) is 5.02. The maximum Gasteiger partial charge on any atom is 0.447 e. The highest BCUT2D eigenvalue weighted by molar-refractivity contribution is 6.76. The van der Waals surface area contributed by atoms with Gasteiger partial charge in [0.05, 0.1) is 19.4 Å². The van der Waals surface area contributed by atoms with Crippen LogP contribution in [0.5, 0.6) is 0 Å². The van der Waals surface area contributed by atoms with E-state index in [4.69, 9.17) is 4.42 Å². The lowest BCUT2D eigenvalue weighted by Gasteiger charge is -2.22. The number of fused-ring (bicyclic) bond motifs is 3. The predicted octanol–water partition coefficient (Wildman–Crippen LogP) is 3.19. The molecule has 1 aliphatic rings. The standard InChI is InChI=1S/C19H20BN2O/c1-13-11-18(21(4)12-14(13)2)22-10-9-16-15-7-5-6-8-17(15)23-19(16)20(22)3/h5-12H,1-4H3/q+1. The van der Waals surface area contributed by atoms with Gasteiger partial charge in [0.15, 0.2) is 0 Å². The Labute approximate surface area is 136 Å². The van der Waals surface area contributed by atoms with Gasteiger partial charge in [0, 0.05) is 17.0 Å². The molecular formula is C19H20BN2O+. The molecule has 0 saturated carbocycles. The summed E-state index contributed by atoms with van der Waals surface area (Å²) in [6.45, 7) is 6.66. The van der Waals surface area contributed by atoms with E-state index in [0.29, 0.717) is 0 Å². The Hall–Kier alpha value is -2.49. The van der Waals surface area contributed by atoms with Crippen LogP contribution in [0.2, 0.25) is 6.82 Å². The molecule has 0 unspecified atom stereocenters. The first kappa shape index (κ1) is 14.1. The van der Waals surface area contributed by atoms with Gasteiger partial charge in [-0.25, -0.2) is 4.57 Å². The molecule has 1 aromatic carbocycles. The van der Waals surface area contributed by atoms with E-state index in [-0.39, 0.29) is 6.85 Å². The second-order valence-electron chi connectivity index (χ2n) is 6.38. The first-order valence-electron chi connectivity index (χ1n) is 8.01. The zero-order valence-electron chi connectivity index (χ0n) is 14.0. The highest BCUT2D eigenvalue weighted by atomic mass is 16.3. The lowest BCUT2D eigenvalue weighted by Crippen LogP contribution is -2.50. The second-order valence-corrected chi connectivity index (χ2v) is 6.38. The quantitative estimate of drug-likeness (QED) is 0.508. The molecule has 0 fully saturated rings. The minimum Gasteiger partial charge on any atom is -0.465 e. The van der Waals surface area contributed by atoms with Gasteiger partial charge in [0.2, 0.25) is 0 Å². The van der Waals surface area contributed by atoms with Gasteiger partial charge in [-0.05, 0) is 43.9 Å². The van der Waals surface area contributed by atoms with Gasteiger partial charge >= 0.3 is 6.85 Å². The van der Waals surface area contributed by atoms with Crippen LogP contribution in [0.25, 0.3) is 17.0 Å². The summed E-state index contributed by atoms with van der Waals surface area (Å²) >= 11 is 0. The summed E-state index contributed by atoms with van der Waals surface area (Å²) in [5.74, 6) is 1.17. The van der Waals surface area contributed by atoms with Gasteiger partial charge in [-0.15, -0.1) is 0 Å². The molecule has 0 atom stereocenters. The van der Waals surface area contributed by atoms with Crippen LogP contribution in [0.4, 0.5) is 5.82 Å². The number of nitrogens with zero attached hydrogens (tertiary/aromatic N) is 2. The SMILES string of the molecule is CB1c2oc3ccccc3c2C=CN1c1cc(C)c(C)c[n+]1C. The Bertz CT molecular complexity index is 942. The third-order valence-corrected chi connectivity index (χ3v) is 4.84. The Morgan fingerprint density at radius 2 is 1.91 bits per heavy atom. The van der Waals surface area contributed by atoms with Crippen molar-refractivity contribution in [2.75, 3.05) is 4.81 Å². The maximum atomic E-state index is 6.15. The lowest BCUT2D eigenvalue weighted by molar-refractivity contribution is -0.658. The summed E-state index contributed by atoms with van der Waals surface area (Å²) in [6, 6.07) is 10.5. The van der Waals surface area contributed by atoms with Crippen molar-refractivity contribution < 1.29 is 8.98 Å². The number of aryl methyl sites for hydroxylation is 3. The van der Waals surface area contributed by atoms with Crippen LogP contribution in [-0.2, 0) is 7.05 Å². The normalized spacial score (nSPS) is 13.7. The first-order chi connectivity index (χ1) is 11.1. The van der Waals surface area contributed by atoms with E-state index in [0.717, 1.165) is 11.2 Å². The summed E-state index contributed by atoms with van der Waals surface area (Å²) in [5, 5.41) is 1.19. The van der Waals surface area contributed by atoms with E-state index in [1.54, 1.807) is 0 Å². The summed E-state index contributed by atoms with van der Waals surface area (Å²) < 4.78 is 8.32. The minimum atomic E-state index is 0.163. The van der Waals surface area contributed by atoms with Crippen molar-refractivity contribution in [2.45, 2.75) is 20.7 Å².